The molecule has 116 valence electrons. The Kier molecular flexibility index (Phi) is 5.90. The summed E-state index contributed by atoms with van der Waals surface area (Å²) in [6.45, 7) is 10.7. The van der Waals surface area contributed by atoms with Crippen LogP contribution in [0.3, 0.4) is 0 Å². The number of rotatable bonds is 6. The number of likely N-dealkylation sites (N-methyl/N-ethyl adjacent to an activating group) is 1. The summed E-state index contributed by atoms with van der Waals surface area (Å²) in [4.78, 5) is 24.2. The van der Waals surface area contributed by atoms with Gasteiger partial charge in [0.2, 0.25) is 5.91 Å². The van der Waals surface area contributed by atoms with Crippen LogP contribution >= 0.6 is 0 Å². The zero-order valence-corrected chi connectivity index (χ0v) is 13.5. The van der Waals surface area contributed by atoms with Crippen molar-refractivity contribution < 1.29 is 9.59 Å². The Labute approximate surface area is 126 Å². The third-order valence-corrected chi connectivity index (χ3v) is 3.27. The van der Waals surface area contributed by atoms with E-state index in [4.69, 9.17) is 0 Å². The van der Waals surface area contributed by atoms with Crippen LogP contribution in [0.15, 0.2) is 18.2 Å². The van der Waals surface area contributed by atoms with E-state index >= 15 is 0 Å². The number of hydrogen-bond donors (Lipinski definition) is 3. The van der Waals surface area contributed by atoms with E-state index in [1.807, 2.05) is 40.7 Å². The van der Waals surface area contributed by atoms with Gasteiger partial charge in [0.15, 0.2) is 0 Å². The van der Waals surface area contributed by atoms with Gasteiger partial charge >= 0.3 is 0 Å². The lowest BCUT2D eigenvalue weighted by molar-refractivity contribution is -0.121. The first-order valence-electron chi connectivity index (χ1n) is 7.27. The van der Waals surface area contributed by atoms with Crippen molar-refractivity contribution in [2.24, 2.45) is 0 Å². The lowest BCUT2D eigenvalue weighted by atomic mass is 10.0. The molecule has 0 spiro atoms. The van der Waals surface area contributed by atoms with Crippen LogP contribution in [0.2, 0.25) is 0 Å². The Morgan fingerprint density at radius 2 is 1.81 bits per heavy atom. The molecule has 0 atom stereocenters. The number of aryl methyl sites for hydroxylation is 1. The van der Waals surface area contributed by atoms with Crippen LogP contribution in [0.5, 0.6) is 0 Å². The molecular formula is C16H25N3O2. The van der Waals surface area contributed by atoms with Gasteiger partial charge in [-0.15, -0.1) is 0 Å². The minimum absolute atomic E-state index is 0.125. The quantitative estimate of drug-likeness (QED) is 0.751. The van der Waals surface area contributed by atoms with E-state index in [2.05, 4.69) is 16.0 Å². The van der Waals surface area contributed by atoms with Crippen molar-refractivity contribution in [3.05, 3.63) is 29.3 Å². The average Bonchev–Trinajstić information content (AvgIpc) is 2.41. The Morgan fingerprint density at radius 1 is 1.14 bits per heavy atom. The summed E-state index contributed by atoms with van der Waals surface area (Å²) in [5, 5.41) is 8.77. The Balaban J connectivity index is 2.95. The van der Waals surface area contributed by atoms with Crippen LogP contribution < -0.4 is 16.0 Å². The summed E-state index contributed by atoms with van der Waals surface area (Å²) >= 11 is 0. The molecule has 2 amide bonds. The summed E-state index contributed by atoms with van der Waals surface area (Å²) in [7, 11) is 0. The van der Waals surface area contributed by atoms with Crippen LogP contribution in [0.25, 0.3) is 0 Å². The van der Waals surface area contributed by atoms with E-state index in [-0.39, 0.29) is 11.8 Å². The number of benzene rings is 1. The topological polar surface area (TPSA) is 70.2 Å². The van der Waals surface area contributed by atoms with Crippen LogP contribution in [0.1, 0.15) is 43.6 Å². The fraction of sp³-hybridized carbons (Fsp3) is 0.500. The van der Waals surface area contributed by atoms with Crippen molar-refractivity contribution in [1.82, 2.24) is 10.6 Å². The van der Waals surface area contributed by atoms with Gasteiger partial charge < -0.3 is 16.0 Å². The number of amides is 2. The zero-order chi connectivity index (χ0) is 16.0. The second-order valence-electron chi connectivity index (χ2n) is 5.50. The molecule has 1 rings (SSSR count). The third-order valence-electron chi connectivity index (χ3n) is 3.27. The monoisotopic (exact) mass is 291 g/mol. The van der Waals surface area contributed by atoms with Gasteiger partial charge in [-0.2, -0.15) is 0 Å². The van der Waals surface area contributed by atoms with Gasteiger partial charge in [0.25, 0.3) is 5.91 Å². The second kappa shape index (κ2) is 7.22. The second-order valence-corrected chi connectivity index (χ2v) is 5.50. The van der Waals surface area contributed by atoms with Gasteiger partial charge in [0.05, 0.1) is 5.54 Å². The summed E-state index contributed by atoms with van der Waals surface area (Å²) in [5.41, 5.74) is 1.46. The molecule has 0 aromatic heterocycles. The molecule has 0 bridgehead atoms. The van der Waals surface area contributed by atoms with Crippen molar-refractivity contribution in [2.45, 2.75) is 40.2 Å². The fourth-order valence-electron chi connectivity index (χ4n) is 1.96. The highest BCUT2D eigenvalue weighted by Crippen LogP contribution is 2.18. The summed E-state index contributed by atoms with van der Waals surface area (Å²) in [5.74, 6) is -0.264. The number of carbonyl (C=O) groups excluding carboxylic acids is 2. The predicted octanol–water partition coefficient (Wildman–Crippen LogP) is 2.07. The molecule has 0 aliphatic rings. The van der Waals surface area contributed by atoms with E-state index < -0.39 is 5.54 Å². The van der Waals surface area contributed by atoms with E-state index in [0.717, 1.165) is 5.56 Å². The first kappa shape index (κ1) is 17.2. The summed E-state index contributed by atoms with van der Waals surface area (Å²) in [6.07, 6.45) is 0. The molecular weight excluding hydrogens is 266 g/mol. The molecule has 1 aromatic carbocycles. The minimum atomic E-state index is -0.664. The normalized spacial score (nSPS) is 11.1. The maximum atomic E-state index is 12.3. The lowest BCUT2D eigenvalue weighted by Crippen LogP contribution is -2.49. The maximum absolute atomic E-state index is 12.3. The Bertz CT molecular complexity index is 524. The molecule has 5 nitrogen and oxygen atoms in total. The Morgan fingerprint density at radius 3 is 2.38 bits per heavy atom. The van der Waals surface area contributed by atoms with Gasteiger partial charge in [0, 0.05) is 17.8 Å². The molecule has 0 saturated heterocycles. The zero-order valence-electron chi connectivity index (χ0n) is 13.5. The molecule has 1 aromatic rings. The van der Waals surface area contributed by atoms with Crippen LogP contribution in [-0.4, -0.2) is 30.4 Å². The minimum Gasteiger partial charge on any atom is -0.352 e. The summed E-state index contributed by atoms with van der Waals surface area (Å²) < 4.78 is 0. The molecule has 0 aliphatic heterocycles. The molecule has 0 saturated carbocycles. The number of nitrogens with one attached hydrogen (secondary N) is 3. The predicted molar refractivity (Wildman–Crippen MR) is 85.6 cm³/mol. The smallest absolute Gasteiger partial charge is 0.251 e. The SMILES string of the molecule is CCNC(=O)c1ccc(C)c(NC(=O)C(C)(C)NCC)c1. The third kappa shape index (κ3) is 4.56. The van der Waals surface area contributed by atoms with Gasteiger partial charge in [-0.1, -0.05) is 13.0 Å². The Hall–Kier alpha value is -1.88. The maximum Gasteiger partial charge on any atom is 0.251 e. The molecule has 0 fully saturated rings. The molecule has 5 heteroatoms. The van der Waals surface area contributed by atoms with Crippen molar-refractivity contribution >= 4 is 17.5 Å². The molecule has 0 aliphatic carbocycles. The largest absolute Gasteiger partial charge is 0.352 e. The van der Waals surface area contributed by atoms with Crippen LogP contribution in [0, 0.1) is 6.92 Å². The van der Waals surface area contributed by atoms with E-state index in [1.165, 1.54) is 0 Å². The number of hydrogen-bond acceptors (Lipinski definition) is 3. The van der Waals surface area contributed by atoms with E-state index in [1.54, 1.807) is 12.1 Å². The van der Waals surface area contributed by atoms with Crippen molar-refractivity contribution in [1.29, 1.82) is 0 Å². The van der Waals surface area contributed by atoms with Gasteiger partial charge in [-0.05, 0) is 51.9 Å². The fourth-order valence-corrected chi connectivity index (χ4v) is 1.96. The number of carbonyl (C=O) groups is 2. The highest BCUT2D eigenvalue weighted by molar-refractivity contribution is 6.00. The lowest BCUT2D eigenvalue weighted by Gasteiger charge is -2.25. The van der Waals surface area contributed by atoms with Gasteiger partial charge in [0.1, 0.15) is 0 Å². The first-order chi connectivity index (χ1) is 9.81. The van der Waals surface area contributed by atoms with Crippen molar-refractivity contribution in [2.75, 3.05) is 18.4 Å². The highest BCUT2D eigenvalue weighted by atomic mass is 16.2. The summed E-state index contributed by atoms with van der Waals surface area (Å²) in [6, 6.07) is 5.30. The van der Waals surface area contributed by atoms with Gasteiger partial charge in [-0.3, -0.25) is 9.59 Å². The first-order valence-corrected chi connectivity index (χ1v) is 7.27. The van der Waals surface area contributed by atoms with Gasteiger partial charge in [-0.25, -0.2) is 0 Å². The standard InChI is InChI=1S/C16H25N3O2/c1-6-17-14(20)12-9-8-11(3)13(10-12)19-15(21)16(4,5)18-7-2/h8-10,18H,6-7H2,1-5H3,(H,17,20)(H,19,21). The van der Waals surface area contributed by atoms with Crippen LogP contribution in [-0.2, 0) is 4.79 Å². The molecule has 0 heterocycles. The highest BCUT2D eigenvalue weighted by Gasteiger charge is 2.26. The average molecular weight is 291 g/mol. The van der Waals surface area contributed by atoms with E-state index in [0.29, 0.717) is 24.3 Å². The molecule has 0 radical (unpaired) electrons. The van der Waals surface area contributed by atoms with E-state index in [9.17, 15) is 9.59 Å². The number of anilines is 1. The molecule has 21 heavy (non-hydrogen) atoms. The molecule has 0 unspecified atom stereocenters. The van der Waals surface area contributed by atoms with Crippen LogP contribution in [0.4, 0.5) is 5.69 Å². The van der Waals surface area contributed by atoms with Crippen molar-refractivity contribution in [3.63, 3.8) is 0 Å². The van der Waals surface area contributed by atoms with Crippen molar-refractivity contribution in [3.8, 4) is 0 Å². The molecule has 3 N–H and O–H groups in total.